The van der Waals surface area contributed by atoms with Gasteiger partial charge in [-0.15, -0.1) is 10.2 Å². The van der Waals surface area contributed by atoms with E-state index >= 15 is 0 Å². The minimum Gasteiger partial charge on any atom is -0.282 e. The molecule has 2 aromatic heterocycles. The van der Waals surface area contributed by atoms with E-state index in [-0.39, 0.29) is 34.3 Å². The van der Waals surface area contributed by atoms with Crippen LogP contribution in [0.3, 0.4) is 0 Å². The first-order valence-electron chi connectivity index (χ1n) is 12.2. The lowest BCUT2D eigenvalue weighted by molar-refractivity contribution is -0.147. The van der Waals surface area contributed by atoms with Gasteiger partial charge < -0.3 is 0 Å². The van der Waals surface area contributed by atoms with Crippen molar-refractivity contribution in [3.8, 4) is 11.4 Å². The quantitative estimate of drug-likeness (QED) is 0.201. The van der Waals surface area contributed by atoms with Crippen molar-refractivity contribution in [2.75, 3.05) is 26.2 Å². The Morgan fingerprint density at radius 2 is 0.881 bits per heavy atom. The maximum atomic E-state index is 13.8. The smallest absolute Gasteiger partial charge is 0.282 e. The molecule has 1 aliphatic heterocycles. The maximum absolute atomic E-state index is 13.8. The van der Waals surface area contributed by atoms with Gasteiger partial charge in [0.15, 0.2) is 0 Å². The highest BCUT2D eigenvalue weighted by Crippen LogP contribution is 2.32. The zero-order valence-corrected chi connectivity index (χ0v) is 22.9. The molecule has 1 fully saturated rings. The van der Waals surface area contributed by atoms with Gasteiger partial charge in [-0.3, -0.25) is 18.9 Å². The molecule has 0 spiro atoms. The number of piperazine rings is 1. The molecule has 0 aliphatic carbocycles. The molecule has 0 amide bonds. The van der Waals surface area contributed by atoms with E-state index in [1.165, 1.54) is 0 Å². The average molecular weight is 637 g/mol. The Balaban J connectivity index is 1.31. The molecule has 18 heteroatoms. The van der Waals surface area contributed by atoms with Crippen LogP contribution in [-0.2, 0) is 25.7 Å². The molecule has 0 unspecified atom stereocenters. The van der Waals surface area contributed by atoms with Crippen molar-refractivity contribution in [2.45, 2.75) is 25.7 Å². The van der Waals surface area contributed by atoms with Crippen molar-refractivity contribution >= 4 is 24.4 Å². The summed E-state index contributed by atoms with van der Waals surface area (Å²) in [6.45, 7) is 1.13. The fourth-order valence-corrected chi connectivity index (χ4v) is 5.04. The third kappa shape index (κ3) is 6.16. The average Bonchev–Trinajstić information content (AvgIpc) is 3.43. The number of aromatic nitrogens is 6. The highest BCUT2D eigenvalue weighted by Gasteiger charge is 2.40. The first-order valence-corrected chi connectivity index (χ1v) is 13.0. The van der Waals surface area contributed by atoms with Crippen LogP contribution in [0.15, 0.2) is 48.5 Å². The van der Waals surface area contributed by atoms with Gasteiger partial charge >= 0.3 is 12.4 Å². The number of nitrogens with zero attached hydrogens (tertiary/aromatic N) is 8. The van der Waals surface area contributed by atoms with E-state index < -0.39 is 35.6 Å². The summed E-state index contributed by atoms with van der Waals surface area (Å²) in [5.41, 5.74) is -0.000299. The molecular weight excluding hydrogens is 616 g/mol. The topological polar surface area (TPSA) is 52.0 Å². The SMILES string of the molecule is Fc1ccc(-n2c(C(F)(F)F)nn(CN3CCN(Cn4nc(C(F)(F)F)n(-c5ccc(F)cc5)c4=S)CC3)c2=S)cc1. The molecule has 0 saturated carbocycles. The van der Waals surface area contributed by atoms with Crippen LogP contribution in [0.25, 0.3) is 11.4 Å². The van der Waals surface area contributed by atoms with Crippen molar-refractivity contribution in [3.63, 3.8) is 0 Å². The van der Waals surface area contributed by atoms with Crippen molar-refractivity contribution in [1.82, 2.24) is 38.5 Å². The van der Waals surface area contributed by atoms with Crippen molar-refractivity contribution in [1.29, 1.82) is 0 Å². The molecule has 1 saturated heterocycles. The highest BCUT2D eigenvalue weighted by molar-refractivity contribution is 7.71. The van der Waals surface area contributed by atoms with E-state index in [0.29, 0.717) is 26.2 Å². The van der Waals surface area contributed by atoms with E-state index in [9.17, 15) is 35.1 Å². The van der Waals surface area contributed by atoms with Crippen LogP contribution < -0.4 is 0 Å². The van der Waals surface area contributed by atoms with Gasteiger partial charge in [-0.05, 0) is 73.0 Å². The van der Waals surface area contributed by atoms with E-state index in [1.54, 1.807) is 9.80 Å². The Kier molecular flexibility index (Phi) is 8.08. The molecule has 0 N–H and O–H groups in total. The summed E-state index contributed by atoms with van der Waals surface area (Å²) in [5, 5.41) is 7.37. The Morgan fingerprint density at radius 3 is 1.17 bits per heavy atom. The lowest BCUT2D eigenvalue weighted by Crippen LogP contribution is -2.47. The maximum Gasteiger partial charge on any atom is 0.452 e. The van der Waals surface area contributed by atoms with E-state index in [1.807, 2.05) is 0 Å². The van der Waals surface area contributed by atoms with Gasteiger partial charge in [0.2, 0.25) is 21.2 Å². The molecule has 2 aromatic carbocycles. The number of benzene rings is 2. The monoisotopic (exact) mass is 636 g/mol. The molecule has 42 heavy (non-hydrogen) atoms. The van der Waals surface area contributed by atoms with Gasteiger partial charge in [0.05, 0.1) is 24.7 Å². The summed E-state index contributed by atoms with van der Waals surface area (Å²) in [7, 11) is 0. The summed E-state index contributed by atoms with van der Waals surface area (Å²) in [6, 6.07) is 8.72. The third-order valence-electron chi connectivity index (χ3n) is 6.49. The summed E-state index contributed by atoms with van der Waals surface area (Å²) < 4.78 is 112. The van der Waals surface area contributed by atoms with Crippen LogP contribution in [0.5, 0.6) is 0 Å². The number of rotatable bonds is 6. The summed E-state index contributed by atoms with van der Waals surface area (Å²) in [5.74, 6) is -3.77. The summed E-state index contributed by atoms with van der Waals surface area (Å²) in [4.78, 5) is 3.57. The number of alkyl halides is 6. The normalized spacial score (nSPS) is 15.4. The fraction of sp³-hybridized carbons (Fsp3) is 0.333. The predicted molar refractivity (Wildman–Crippen MR) is 138 cm³/mol. The van der Waals surface area contributed by atoms with E-state index in [2.05, 4.69) is 10.2 Å². The van der Waals surface area contributed by atoms with Crippen molar-refractivity contribution < 1.29 is 35.1 Å². The number of hydrogen-bond acceptors (Lipinski definition) is 6. The molecule has 1 aliphatic rings. The van der Waals surface area contributed by atoms with Gasteiger partial charge in [0.1, 0.15) is 11.6 Å². The lowest BCUT2D eigenvalue weighted by Gasteiger charge is -2.34. The minimum absolute atomic E-state index is 0.000150. The van der Waals surface area contributed by atoms with Crippen molar-refractivity contribution in [3.05, 3.63) is 81.4 Å². The van der Waals surface area contributed by atoms with Crippen LogP contribution in [0.2, 0.25) is 0 Å². The molecule has 224 valence electrons. The van der Waals surface area contributed by atoms with Crippen LogP contribution in [0.1, 0.15) is 11.6 Å². The fourth-order valence-electron chi connectivity index (χ4n) is 4.46. The van der Waals surface area contributed by atoms with Gasteiger partial charge in [-0.1, -0.05) is 0 Å². The van der Waals surface area contributed by atoms with Gasteiger partial charge in [0.25, 0.3) is 0 Å². The molecule has 0 radical (unpaired) electrons. The molecule has 5 rings (SSSR count). The standard InChI is InChI=1S/C24H20F8N8S2/c25-15-1-5-17(6-2-15)39-19(23(27,28)29)33-37(21(39)41)13-35-9-11-36(12-10-35)14-38-22(42)40(20(34-38)24(30,31)32)18-7-3-16(26)4-8-18/h1-8H,9-14H2. The Labute approximate surface area is 242 Å². The van der Waals surface area contributed by atoms with Crippen LogP contribution in [-0.4, -0.2) is 64.7 Å². The van der Waals surface area contributed by atoms with E-state index in [0.717, 1.165) is 67.0 Å². The van der Waals surface area contributed by atoms with E-state index in [4.69, 9.17) is 24.4 Å². The Bertz CT molecular complexity index is 1550. The molecule has 4 aromatic rings. The van der Waals surface area contributed by atoms with Crippen LogP contribution >= 0.6 is 24.4 Å². The van der Waals surface area contributed by atoms with Gasteiger partial charge in [-0.25, -0.2) is 18.1 Å². The number of hydrogen-bond donors (Lipinski definition) is 0. The zero-order chi connectivity index (χ0) is 30.4. The van der Waals surface area contributed by atoms with Gasteiger partial charge in [0, 0.05) is 26.2 Å². The molecule has 3 heterocycles. The Morgan fingerprint density at radius 1 is 0.571 bits per heavy atom. The lowest BCUT2D eigenvalue weighted by atomic mass is 10.3. The summed E-state index contributed by atoms with van der Waals surface area (Å²) in [6.07, 6.45) is -9.67. The minimum atomic E-state index is -4.84. The second-order valence-corrected chi connectivity index (χ2v) is 10.1. The first-order chi connectivity index (χ1) is 19.7. The molecule has 0 atom stereocenters. The highest BCUT2D eigenvalue weighted by atomic mass is 32.1. The second-order valence-electron chi connectivity index (χ2n) is 9.35. The molecule has 8 nitrogen and oxygen atoms in total. The van der Waals surface area contributed by atoms with Gasteiger partial charge in [-0.2, -0.15) is 26.3 Å². The first kappa shape index (κ1) is 30.0. The number of halogens is 8. The van der Waals surface area contributed by atoms with Crippen LogP contribution in [0, 0.1) is 21.2 Å². The molecule has 0 bridgehead atoms. The second kappa shape index (κ2) is 11.3. The van der Waals surface area contributed by atoms with Crippen LogP contribution in [0.4, 0.5) is 35.1 Å². The summed E-state index contributed by atoms with van der Waals surface area (Å²) >= 11 is 10.6. The van der Waals surface area contributed by atoms with Crippen molar-refractivity contribution in [2.24, 2.45) is 0 Å². The largest absolute Gasteiger partial charge is 0.452 e. The molecular formula is C24H20F8N8S2. The predicted octanol–water partition coefficient (Wildman–Crippen LogP) is 5.67. The zero-order valence-electron chi connectivity index (χ0n) is 21.3. The third-order valence-corrected chi connectivity index (χ3v) is 7.27. The Hall–Kier alpha value is -3.48.